The molecule has 0 saturated heterocycles. The highest BCUT2D eigenvalue weighted by atomic mass is 32.1. The summed E-state index contributed by atoms with van der Waals surface area (Å²) in [5, 5.41) is 1.89. The molecule has 0 unspecified atom stereocenters. The molecule has 3 rings (SSSR count). The number of aromatic nitrogens is 2. The molecule has 0 atom stereocenters. The van der Waals surface area contributed by atoms with E-state index in [1.54, 1.807) is 16.5 Å². The van der Waals surface area contributed by atoms with Crippen molar-refractivity contribution in [2.24, 2.45) is 0 Å². The minimum atomic E-state index is -0.257. The van der Waals surface area contributed by atoms with Crippen LogP contribution in [0.4, 0.5) is 10.2 Å². The van der Waals surface area contributed by atoms with E-state index in [0.717, 1.165) is 16.8 Å². The molecule has 4 nitrogen and oxygen atoms in total. The minimum absolute atomic E-state index is 0.257. The minimum Gasteiger partial charge on any atom is -0.353 e. The van der Waals surface area contributed by atoms with E-state index < -0.39 is 0 Å². The summed E-state index contributed by atoms with van der Waals surface area (Å²) in [5.41, 5.74) is 1.49. The lowest BCUT2D eigenvalue weighted by Crippen LogP contribution is -2.18. The molecule has 0 N–H and O–H groups in total. The van der Waals surface area contributed by atoms with Crippen molar-refractivity contribution in [2.45, 2.75) is 6.54 Å². The Morgan fingerprint density at radius 2 is 2.15 bits per heavy atom. The number of aldehydes is 1. The second-order valence-electron chi connectivity index (χ2n) is 4.48. The Morgan fingerprint density at radius 1 is 1.40 bits per heavy atom. The molecule has 0 amide bonds. The smallest absolute Gasteiger partial charge is 0.196 e. The van der Waals surface area contributed by atoms with Gasteiger partial charge in [-0.2, -0.15) is 0 Å². The summed E-state index contributed by atoms with van der Waals surface area (Å²) in [7, 11) is 1.86. The van der Waals surface area contributed by atoms with Crippen LogP contribution in [0.5, 0.6) is 0 Å². The van der Waals surface area contributed by atoms with Crippen molar-refractivity contribution < 1.29 is 9.18 Å². The van der Waals surface area contributed by atoms with Crippen molar-refractivity contribution in [1.82, 2.24) is 9.38 Å². The predicted molar refractivity (Wildman–Crippen MR) is 77.0 cm³/mol. The predicted octanol–water partition coefficient (Wildman–Crippen LogP) is 2.98. The van der Waals surface area contributed by atoms with Crippen LogP contribution in [0.1, 0.15) is 16.1 Å². The Morgan fingerprint density at radius 3 is 2.85 bits per heavy atom. The number of anilines is 1. The van der Waals surface area contributed by atoms with E-state index in [4.69, 9.17) is 0 Å². The Kier molecular flexibility index (Phi) is 3.23. The van der Waals surface area contributed by atoms with Crippen LogP contribution in [0.3, 0.4) is 0 Å². The summed E-state index contributed by atoms with van der Waals surface area (Å²) in [6.45, 7) is 0.561. The third kappa shape index (κ3) is 2.18. The van der Waals surface area contributed by atoms with E-state index in [0.29, 0.717) is 18.1 Å². The summed E-state index contributed by atoms with van der Waals surface area (Å²) in [4.78, 5) is 18.4. The third-order valence-electron chi connectivity index (χ3n) is 3.09. The van der Waals surface area contributed by atoms with Gasteiger partial charge < -0.3 is 4.90 Å². The maximum atomic E-state index is 12.9. The van der Waals surface area contributed by atoms with Crippen LogP contribution in [0.25, 0.3) is 4.96 Å². The highest BCUT2D eigenvalue weighted by molar-refractivity contribution is 7.15. The molecule has 0 spiro atoms. The average molecular weight is 289 g/mol. The van der Waals surface area contributed by atoms with Gasteiger partial charge in [-0.25, -0.2) is 9.37 Å². The first-order valence-electron chi connectivity index (χ1n) is 6.05. The van der Waals surface area contributed by atoms with E-state index in [2.05, 4.69) is 4.98 Å². The van der Waals surface area contributed by atoms with Crippen molar-refractivity contribution in [1.29, 1.82) is 0 Å². The van der Waals surface area contributed by atoms with Crippen LogP contribution in [-0.4, -0.2) is 22.7 Å². The van der Waals surface area contributed by atoms with Gasteiger partial charge in [-0.05, 0) is 17.7 Å². The molecule has 102 valence electrons. The zero-order valence-corrected chi connectivity index (χ0v) is 11.6. The molecule has 20 heavy (non-hydrogen) atoms. The quantitative estimate of drug-likeness (QED) is 0.693. The first kappa shape index (κ1) is 12.8. The molecule has 0 radical (unpaired) electrons. The van der Waals surface area contributed by atoms with Gasteiger partial charge in [-0.1, -0.05) is 12.1 Å². The molecule has 1 aromatic carbocycles. The summed E-state index contributed by atoms with van der Waals surface area (Å²) in [5.74, 6) is 0.378. The van der Waals surface area contributed by atoms with Crippen molar-refractivity contribution in [3.63, 3.8) is 0 Å². The third-order valence-corrected chi connectivity index (χ3v) is 3.84. The lowest BCUT2D eigenvalue weighted by Gasteiger charge is -2.17. The highest BCUT2D eigenvalue weighted by Crippen LogP contribution is 2.23. The molecule has 0 fully saturated rings. The van der Waals surface area contributed by atoms with Crippen LogP contribution in [-0.2, 0) is 6.54 Å². The average Bonchev–Trinajstić information content (AvgIpc) is 3.01. The number of rotatable bonds is 4. The number of hydrogen-bond acceptors (Lipinski definition) is 4. The van der Waals surface area contributed by atoms with Crippen LogP contribution in [0.15, 0.2) is 35.8 Å². The van der Waals surface area contributed by atoms with Crippen molar-refractivity contribution >= 4 is 28.4 Å². The van der Waals surface area contributed by atoms with Crippen molar-refractivity contribution in [3.8, 4) is 0 Å². The summed E-state index contributed by atoms with van der Waals surface area (Å²) in [6, 6.07) is 6.31. The van der Waals surface area contributed by atoms with Crippen LogP contribution >= 0.6 is 11.3 Å². The fourth-order valence-electron chi connectivity index (χ4n) is 2.12. The Bertz CT molecular complexity index is 747. The zero-order valence-electron chi connectivity index (χ0n) is 10.8. The lowest BCUT2D eigenvalue weighted by molar-refractivity contribution is 0.111. The van der Waals surface area contributed by atoms with Gasteiger partial charge in [-0.3, -0.25) is 9.20 Å². The van der Waals surface area contributed by atoms with Gasteiger partial charge in [0.15, 0.2) is 17.1 Å². The fourth-order valence-corrected chi connectivity index (χ4v) is 2.84. The molecule has 0 saturated carbocycles. The van der Waals surface area contributed by atoms with Gasteiger partial charge in [-0.15, -0.1) is 11.3 Å². The highest BCUT2D eigenvalue weighted by Gasteiger charge is 2.16. The maximum absolute atomic E-state index is 12.9. The van der Waals surface area contributed by atoms with Crippen molar-refractivity contribution in [2.75, 3.05) is 11.9 Å². The normalized spacial score (nSPS) is 10.9. The number of halogens is 1. The second kappa shape index (κ2) is 5.05. The number of imidazole rings is 1. The first-order valence-corrected chi connectivity index (χ1v) is 6.93. The van der Waals surface area contributed by atoms with E-state index in [-0.39, 0.29) is 5.82 Å². The zero-order chi connectivity index (χ0) is 14.1. The fraction of sp³-hybridized carbons (Fsp3) is 0.143. The molecule has 3 aromatic rings. The topological polar surface area (TPSA) is 37.6 Å². The largest absolute Gasteiger partial charge is 0.353 e. The number of carbonyl (C=O) groups excluding carboxylic acids is 1. The molecule has 2 heterocycles. The standard InChI is InChI=1S/C14H12FN3OS/c1-17(8-10-2-4-11(15)5-3-10)13-12(9-19)18-6-7-20-14(18)16-13/h2-7,9H,8H2,1H3. The Labute approximate surface area is 119 Å². The summed E-state index contributed by atoms with van der Waals surface area (Å²) < 4.78 is 14.7. The molecule has 0 aliphatic rings. The molecule has 6 heteroatoms. The number of fused-ring (bicyclic) bond motifs is 1. The maximum Gasteiger partial charge on any atom is 0.196 e. The first-order chi connectivity index (χ1) is 9.69. The number of nitrogens with zero attached hydrogens (tertiary/aromatic N) is 3. The van der Waals surface area contributed by atoms with Gasteiger partial charge in [0.2, 0.25) is 0 Å². The van der Waals surface area contributed by atoms with E-state index in [9.17, 15) is 9.18 Å². The Hall–Kier alpha value is -2.21. The number of carbonyl (C=O) groups is 1. The molecular formula is C14H12FN3OS. The van der Waals surface area contributed by atoms with Gasteiger partial charge in [0.05, 0.1) is 0 Å². The molecular weight excluding hydrogens is 277 g/mol. The summed E-state index contributed by atoms with van der Waals surface area (Å²) >= 11 is 1.48. The monoisotopic (exact) mass is 289 g/mol. The van der Waals surface area contributed by atoms with Crippen LogP contribution in [0, 0.1) is 5.82 Å². The van der Waals surface area contributed by atoms with Crippen LogP contribution < -0.4 is 4.90 Å². The van der Waals surface area contributed by atoms with Crippen molar-refractivity contribution in [3.05, 3.63) is 52.9 Å². The molecule has 0 bridgehead atoms. The van der Waals surface area contributed by atoms with Gasteiger partial charge in [0.25, 0.3) is 0 Å². The lowest BCUT2D eigenvalue weighted by atomic mass is 10.2. The molecule has 0 aliphatic carbocycles. The van der Waals surface area contributed by atoms with E-state index >= 15 is 0 Å². The van der Waals surface area contributed by atoms with Gasteiger partial charge in [0.1, 0.15) is 11.5 Å². The van der Waals surface area contributed by atoms with Crippen LogP contribution in [0.2, 0.25) is 0 Å². The van der Waals surface area contributed by atoms with Gasteiger partial charge in [0, 0.05) is 25.2 Å². The second-order valence-corrected chi connectivity index (χ2v) is 5.35. The SMILES string of the molecule is CN(Cc1ccc(F)cc1)c1nc2sccn2c1C=O. The van der Waals surface area contributed by atoms with E-state index in [1.165, 1.54) is 23.5 Å². The molecule has 0 aliphatic heterocycles. The Balaban J connectivity index is 1.91. The number of hydrogen-bond donors (Lipinski definition) is 0. The number of benzene rings is 1. The van der Waals surface area contributed by atoms with E-state index in [1.807, 2.05) is 23.5 Å². The number of thiazole rings is 1. The summed E-state index contributed by atoms with van der Waals surface area (Å²) in [6.07, 6.45) is 2.63. The van der Waals surface area contributed by atoms with Gasteiger partial charge >= 0.3 is 0 Å². The molecule has 2 aromatic heterocycles.